The zero-order chi connectivity index (χ0) is 13.4. The predicted molar refractivity (Wildman–Crippen MR) is 73.4 cm³/mol. The largest absolute Gasteiger partial charge is 0.380 e. The van der Waals surface area contributed by atoms with Gasteiger partial charge in [0.15, 0.2) is 0 Å². The van der Waals surface area contributed by atoms with Gasteiger partial charge in [0, 0.05) is 5.71 Å². The fraction of sp³-hybridized carbons (Fsp3) is 0.857. The van der Waals surface area contributed by atoms with Crippen LogP contribution in [0.5, 0.6) is 0 Å². The quantitative estimate of drug-likeness (QED) is 0.716. The number of amides is 1. The highest BCUT2D eigenvalue weighted by Gasteiger charge is 2.33. The molecular weight excluding hydrogens is 228 g/mol. The molecule has 0 atom stereocenters. The van der Waals surface area contributed by atoms with Crippen molar-refractivity contribution in [1.82, 2.24) is 5.43 Å². The molecule has 18 heavy (non-hydrogen) atoms. The summed E-state index contributed by atoms with van der Waals surface area (Å²) in [5.41, 5.74) is 2.37. The van der Waals surface area contributed by atoms with Gasteiger partial charge < -0.3 is 5.11 Å². The Morgan fingerprint density at radius 1 is 1.22 bits per heavy atom. The monoisotopic (exact) mass is 254 g/mol. The van der Waals surface area contributed by atoms with Gasteiger partial charge in [0.2, 0.25) is 0 Å². The van der Waals surface area contributed by atoms with Crippen LogP contribution in [-0.4, -0.2) is 22.3 Å². The standard InChI is InChI=1S/C14H26N2O2/c1-3-10-14(18,11-4-2)13(17)16-15-12-8-6-5-7-9-12/h18H,3-11H2,1-2H3,(H,16,17). The van der Waals surface area contributed by atoms with Gasteiger partial charge in [-0.25, -0.2) is 5.43 Å². The Bertz CT molecular complexity index is 286. The summed E-state index contributed by atoms with van der Waals surface area (Å²) in [6, 6.07) is 0. The number of carbonyl (C=O) groups is 1. The lowest BCUT2D eigenvalue weighted by molar-refractivity contribution is -0.141. The smallest absolute Gasteiger partial charge is 0.271 e. The van der Waals surface area contributed by atoms with Crippen LogP contribution in [0.3, 0.4) is 0 Å². The first-order valence-corrected chi connectivity index (χ1v) is 7.20. The molecule has 0 unspecified atom stereocenters. The molecule has 1 saturated carbocycles. The first kappa shape index (κ1) is 15.2. The van der Waals surface area contributed by atoms with Gasteiger partial charge in [-0.05, 0) is 38.5 Å². The first-order valence-electron chi connectivity index (χ1n) is 7.20. The van der Waals surface area contributed by atoms with Crippen LogP contribution in [0.1, 0.15) is 71.6 Å². The minimum atomic E-state index is -1.25. The highest BCUT2D eigenvalue weighted by molar-refractivity contribution is 5.89. The van der Waals surface area contributed by atoms with Crippen molar-refractivity contribution in [2.45, 2.75) is 77.2 Å². The maximum Gasteiger partial charge on any atom is 0.271 e. The van der Waals surface area contributed by atoms with E-state index in [1.165, 1.54) is 6.42 Å². The molecule has 0 bridgehead atoms. The number of hydrogen-bond donors (Lipinski definition) is 2. The Morgan fingerprint density at radius 3 is 2.28 bits per heavy atom. The minimum Gasteiger partial charge on any atom is -0.380 e. The van der Waals surface area contributed by atoms with Crippen molar-refractivity contribution in [1.29, 1.82) is 0 Å². The molecule has 0 radical (unpaired) electrons. The van der Waals surface area contributed by atoms with E-state index in [0.29, 0.717) is 12.8 Å². The van der Waals surface area contributed by atoms with Gasteiger partial charge >= 0.3 is 0 Å². The van der Waals surface area contributed by atoms with Crippen LogP contribution in [0, 0.1) is 0 Å². The molecule has 104 valence electrons. The average molecular weight is 254 g/mol. The van der Waals surface area contributed by atoms with E-state index in [2.05, 4.69) is 10.5 Å². The van der Waals surface area contributed by atoms with Gasteiger partial charge in [0.1, 0.15) is 5.60 Å². The Kier molecular flexibility index (Phi) is 6.33. The number of hydrogen-bond acceptors (Lipinski definition) is 3. The number of carbonyl (C=O) groups excluding carboxylic acids is 1. The minimum absolute atomic E-state index is 0.343. The zero-order valence-corrected chi connectivity index (χ0v) is 11.7. The van der Waals surface area contributed by atoms with Crippen LogP contribution in [0.2, 0.25) is 0 Å². The average Bonchev–Trinajstić information content (AvgIpc) is 2.37. The molecule has 1 amide bonds. The lowest BCUT2D eigenvalue weighted by Crippen LogP contribution is -2.45. The van der Waals surface area contributed by atoms with Crippen molar-refractivity contribution in [3.05, 3.63) is 0 Å². The van der Waals surface area contributed by atoms with Crippen molar-refractivity contribution in [3.8, 4) is 0 Å². The summed E-state index contributed by atoms with van der Waals surface area (Å²) in [5, 5.41) is 14.5. The van der Waals surface area contributed by atoms with Crippen LogP contribution in [-0.2, 0) is 4.79 Å². The number of aliphatic hydroxyl groups is 1. The molecule has 0 saturated heterocycles. The normalized spacial score (nSPS) is 16.5. The number of rotatable bonds is 6. The van der Waals surface area contributed by atoms with Gasteiger partial charge in [-0.3, -0.25) is 4.79 Å². The summed E-state index contributed by atoms with van der Waals surface area (Å²) in [6.07, 6.45) is 8.09. The van der Waals surface area contributed by atoms with Crippen LogP contribution >= 0.6 is 0 Å². The van der Waals surface area contributed by atoms with Gasteiger partial charge in [0.25, 0.3) is 5.91 Å². The molecule has 0 spiro atoms. The third-order valence-corrected chi connectivity index (χ3v) is 3.50. The molecule has 0 aromatic carbocycles. The summed E-state index contributed by atoms with van der Waals surface area (Å²) in [6.45, 7) is 3.95. The zero-order valence-electron chi connectivity index (χ0n) is 11.7. The molecule has 1 aliphatic rings. The van der Waals surface area contributed by atoms with E-state index in [9.17, 15) is 9.90 Å². The number of nitrogens with zero attached hydrogens (tertiary/aromatic N) is 1. The van der Waals surface area contributed by atoms with Crippen molar-refractivity contribution < 1.29 is 9.90 Å². The van der Waals surface area contributed by atoms with Crippen molar-refractivity contribution in [2.24, 2.45) is 5.10 Å². The second-order valence-electron chi connectivity index (χ2n) is 5.21. The van der Waals surface area contributed by atoms with E-state index in [1.807, 2.05) is 13.8 Å². The van der Waals surface area contributed by atoms with E-state index < -0.39 is 5.60 Å². The van der Waals surface area contributed by atoms with Crippen LogP contribution in [0.25, 0.3) is 0 Å². The summed E-state index contributed by atoms with van der Waals surface area (Å²) < 4.78 is 0. The highest BCUT2D eigenvalue weighted by atomic mass is 16.3. The molecule has 0 aromatic heterocycles. The second-order valence-corrected chi connectivity index (χ2v) is 5.21. The fourth-order valence-corrected chi connectivity index (χ4v) is 2.48. The van der Waals surface area contributed by atoms with Crippen LogP contribution in [0.4, 0.5) is 0 Å². The summed E-state index contributed by atoms with van der Waals surface area (Å²) in [7, 11) is 0. The molecule has 0 aromatic rings. The maximum atomic E-state index is 12.0. The molecule has 1 fully saturated rings. The van der Waals surface area contributed by atoms with Crippen molar-refractivity contribution in [2.75, 3.05) is 0 Å². The third-order valence-electron chi connectivity index (χ3n) is 3.50. The van der Waals surface area contributed by atoms with Gasteiger partial charge in [0.05, 0.1) is 0 Å². The Morgan fingerprint density at radius 2 is 1.78 bits per heavy atom. The maximum absolute atomic E-state index is 12.0. The summed E-state index contributed by atoms with van der Waals surface area (Å²) in [4.78, 5) is 12.0. The molecular formula is C14H26N2O2. The van der Waals surface area contributed by atoms with E-state index in [0.717, 1.165) is 44.2 Å². The first-order chi connectivity index (χ1) is 8.62. The molecule has 2 N–H and O–H groups in total. The molecule has 1 aliphatic carbocycles. The molecule has 4 nitrogen and oxygen atoms in total. The SMILES string of the molecule is CCCC(O)(CCC)C(=O)NN=C1CCCCC1. The van der Waals surface area contributed by atoms with Gasteiger partial charge in [-0.1, -0.05) is 33.1 Å². The van der Waals surface area contributed by atoms with Gasteiger partial charge in [-0.2, -0.15) is 5.10 Å². The van der Waals surface area contributed by atoms with Crippen molar-refractivity contribution in [3.63, 3.8) is 0 Å². The fourth-order valence-electron chi connectivity index (χ4n) is 2.48. The Labute approximate surface area is 110 Å². The van der Waals surface area contributed by atoms with E-state index in [-0.39, 0.29) is 5.91 Å². The van der Waals surface area contributed by atoms with E-state index >= 15 is 0 Å². The molecule has 0 heterocycles. The predicted octanol–water partition coefficient (Wildman–Crippen LogP) is 2.75. The summed E-state index contributed by atoms with van der Waals surface area (Å²) >= 11 is 0. The third kappa shape index (κ3) is 4.41. The molecule has 1 rings (SSSR count). The summed E-state index contributed by atoms with van der Waals surface area (Å²) in [5.74, 6) is -0.343. The molecule has 4 heteroatoms. The Hall–Kier alpha value is -0.900. The number of hydrazone groups is 1. The topological polar surface area (TPSA) is 61.7 Å². The lowest BCUT2D eigenvalue weighted by Gasteiger charge is -2.25. The lowest BCUT2D eigenvalue weighted by atomic mass is 9.92. The Balaban J connectivity index is 2.55. The van der Waals surface area contributed by atoms with E-state index in [4.69, 9.17) is 0 Å². The number of nitrogens with one attached hydrogen (secondary N) is 1. The van der Waals surface area contributed by atoms with E-state index in [1.54, 1.807) is 0 Å². The van der Waals surface area contributed by atoms with Crippen LogP contribution < -0.4 is 5.43 Å². The van der Waals surface area contributed by atoms with Gasteiger partial charge in [-0.15, -0.1) is 0 Å². The second kappa shape index (κ2) is 7.52. The highest BCUT2D eigenvalue weighted by Crippen LogP contribution is 2.20. The van der Waals surface area contributed by atoms with Crippen molar-refractivity contribution >= 4 is 11.6 Å². The van der Waals surface area contributed by atoms with Crippen LogP contribution in [0.15, 0.2) is 5.10 Å². The molecule has 0 aliphatic heterocycles.